The third-order valence-corrected chi connectivity index (χ3v) is 8.00. The van der Waals surface area contributed by atoms with E-state index in [4.69, 9.17) is 11.6 Å². The molecule has 2 N–H and O–H groups in total. The Kier molecular flexibility index (Phi) is 8.92. The number of anilines is 1. The van der Waals surface area contributed by atoms with E-state index in [-0.39, 0.29) is 50.2 Å². The number of aromatic nitrogens is 4. The van der Waals surface area contributed by atoms with Crippen molar-refractivity contribution in [2.45, 2.75) is 25.6 Å². The number of carbonyl (C=O) groups excluding carboxylic acids is 3. The third kappa shape index (κ3) is 6.40. The first-order valence-electron chi connectivity index (χ1n) is 13.7. The molecule has 1 aromatic carbocycles. The average molecular weight is 643 g/mol. The van der Waals surface area contributed by atoms with Crippen LogP contribution in [0.4, 0.5) is 27.6 Å². The van der Waals surface area contributed by atoms with Gasteiger partial charge in [-0.2, -0.15) is 27.1 Å². The third-order valence-electron chi connectivity index (χ3n) is 7.69. The molecule has 3 amide bonds. The van der Waals surface area contributed by atoms with E-state index >= 15 is 0 Å². The van der Waals surface area contributed by atoms with Crippen LogP contribution in [0.5, 0.6) is 0 Å². The van der Waals surface area contributed by atoms with E-state index in [9.17, 15) is 36.3 Å². The van der Waals surface area contributed by atoms with Crippen LogP contribution >= 0.6 is 11.6 Å². The van der Waals surface area contributed by atoms with Crippen LogP contribution < -0.4 is 10.6 Å². The highest BCUT2D eigenvalue weighted by Crippen LogP contribution is 2.37. The minimum absolute atomic E-state index is 0.00471. The Morgan fingerprint density at radius 3 is 2.34 bits per heavy atom. The van der Waals surface area contributed by atoms with Crippen molar-refractivity contribution >= 4 is 35.0 Å². The van der Waals surface area contributed by atoms with Crippen molar-refractivity contribution < 1.29 is 36.3 Å². The molecule has 0 spiro atoms. The van der Waals surface area contributed by atoms with Gasteiger partial charge in [-0.3, -0.25) is 14.4 Å². The summed E-state index contributed by atoms with van der Waals surface area (Å²) in [6.07, 6.45) is -1.96. The molecule has 2 fully saturated rings. The number of carbonyl (C=O) groups is 3. The summed E-state index contributed by atoms with van der Waals surface area (Å²) in [6.45, 7) is -0.163. The maximum Gasteiger partial charge on any atom is 0.435 e. The van der Waals surface area contributed by atoms with E-state index in [1.54, 1.807) is 9.80 Å². The van der Waals surface area contributed by atoms with Crippen molar-refractivity contribution in [2.24, 2.45) is 13.0 Å². The lowest BCUT2D eigenvalue weighted by molar-refractivity contribution is -0.141. The predicted molar refractivity (Wildman–Crippen MR) is 148 cm³/mol. The Balaban J connectivity index is 1.24. The molecule has 0 aliphatic carbocycles. The van der Waals surface area contributed by atoms with Gasteiger partial charge in [0.15, 0.2) is 11.5 Å². The number of piperidine rings is 1. The zero-order chi connectivity index (χ0) is 31.8. The molecule has 2 aliphatic heterocycles. The molecule has 0 unspecified atom stereocenters. The van der Waals surface area contributed by atoms with Crippen molar-refractivity contribution in [3.63, 3.8) is 0 Å². The summed E-state index contributed by atoms with van der Waals surface area (Å²) in [5, 5.41) is 8.77. The summed E-state index contributed by atoms with van der Waals surface area (Å²) < 4.78 is 67.4. The summed E-state index contributed by atoms with van der Waals surface area (Å²) in [7, 11) is 1.26. The van der Waals surface area contributed by atoms with Crippen LogP contribution in [0, 0.1) is 5.92 Å². The molecule has 2 aliphatic rings. The van der Waals surface area contributed by atoms with E-state index < -0.39 is 29.9 Å². The van der Waals surface area contributed by atoms with E-state index in [1.807, 2.05) is 0 Å². The Bertz CT molecular complexity index is 1560. The molecule has 4 heterocycles. The van der Waals surface area contributed by atoms with E-state index in [1.165, 1.54) is 25.2 Å². The van der Waals surface area contributed by atoms with Crippen molar-refractivity contribution in [3.05, 3.63) is 52.7 Å². The van der Waals surface area contributed by atoms with Gasteiger partial charge in [-0.15, -0.1) is 0 Å². The van der Waals surface area contributed by atoms with Gasteiger partial charge in [0.25, 0.3) is 11.8 Å². The average Bonchev–Trinajstić information content (AvgIpc) is 3.61. The molecule has 5 rings (SSSR count). The lowest BCUT2D eigenvalue weighted by Crippen LogP contribution is -2.52. The Hall–Kier alpha value is -4.05. The van der Waals surface area contributed by atoms with Gasteiger partial charge in [0.1, 0.15) is 0 Å². The Labute approximate surface area is 252 Å². The second-order valence-electron chi connectivity index (χ2n) is 10.5. The number of rotatable bonds is 6. The van der Waals surface area contributed by atoms with E-state index in [0.717, 1.165) is 36.7 Å². The van der Waals surface area contributed by atoms with Gasteiger partial charge in [-0.1, -0.05) is 11.6 Å². The molecule has 236 valence electrons. The van der Waals surface area contributed by atoms with Gasteiger partial charge >= 0.3 is 12.7 Å². The molecule has 0 bridgehead atoms. The minimum Gasteiger partial charge on any atom is -0.339 e. The zero-order valence-electron chi connectivity index (χ0n) is 23.4. The number of alkyl halides is 5. The number of piperazine rings is 1. The predicted octanol–water partition coefficient (Wildman–Crippen LogP) is 3.89. The molecule has 3 aromatic rings. The number of hydrogen-bond acceptors (Lipinski definition) is 6. The van der Waals surface area contributed by atoms with Crippen molar-refractivity contribution in [3.8, 4) is 11.3 Å². The van der Waals surface area contributed by atoms with Crippen LogP contribution in [0.15, 0.2) is 30.6 Å². The summed E-state index contributed by atoms with van der Waals surface area (Å²) in [4.78, 5) is 46.2. The van der Waals surface area contributed by atoms with E-state index in [2.05, 4.69) is 20.7 Å². The maximum atomic E-state index is 13.5. The fourth-order valence-corrected chi connectivity index (χ4v) is 5.60. The molecule has 17 heteroatoms. The van der Waals surface area contributed by atoms with Crippen molar-refractivity contribution in [1.82, 2.24) is 34.4 Å². The molecule has 0 radical (unpaired) electrons. The van der Waals surface area contributed by atoms with Crippen molar-refractivity contribution in [2.75, 3.05) is 44.6 Å². The van der Waals surface area contributed by atoms with Gasteiger partial charge in [-0.25, -0.2) is 9.67 Å². The highest BCUT2D eigenvalue weighted by Gasteiger charge is 2.39. The maximum absolute atomic E-state index is 13.5. The van der Waals surface area contributed by atoms with Gasteiger partial charge in [-0.05, 0) is 44.1 Å². The number of nitrogens with one attached hydrogen (secondary N) is 2. The van der Waals surface area contributed by atoms with Crippen LogP contribution in [0.3, 0.4) is 0 Å². The van der Waals surface area contributed by atoms with Crippen LogP contribution in [-0.4, -0.2) is 86.1 Å². The lowest BCUT2D eigenvalue weighted by Gasteiger charge is -2.37. The largest absolute Gasteiger partial charge is 0.435 e. The summed E-state index contributed by atoms with van der Waals surface area (Å²) in [5.41, 5.74) is -2.10. The first-order valence-corrected chi connectivity index (χ1v) is 14.1. The monoisotopic (exact) mass is 642 g/mol. The van der Waals surface area contributed by atoms with Crippen molar-refractivity contribution in [1.29, 1.82) is 0 Å². The minimum atomic E-state index is -5.03. The molecule has 44 heavy (non-hydrogen) atoms. The number of benzene rings is 1. The molecule has 2 aromatic heterocycles. The van der Waals surface area contributed by atoms with Crippen LogP contribution in [0.1, 0.15) is 46.1 Å². The first-order chi connectivity index (χ1) is 20.8. The number of amides is 3. The van der Waals surface area contributed by atoms with Gasteiger partial charge in [0.05, 0.1) is 28.0 Å². The number of nitrogens with zero attached hydrogens (tertiary/aromatic N) is 6. The molecular formula is C27H28ClF5N8O3. The standard InChI is InChI=1S/C27H28ClF5N8O3/c1-38-20(18-14-41(26(29)30)37-21(18)27(31,32)33)13-35-22(38)23(42)36-16-2-3-17(19(28)12-16)25(44)40-10-8-39(9-11-40)24(43)15-4-6-34-7-5-15/h2-3,12-15,26,34H,4-11H2,1H3,(H,36,42). The van der Waals surface area contributed by atoms with Crippen LogP contribution in [0.2, 0.25) is 5.02 Å². The van der Waals surface area contributed by atoms with Crippen LogP contribution in [0.25, 0.3) is 11.3 Å². The van der Waals surface area contributed by atoms with Gasteiger partial charge in [0.2, 0.25) is 5.91 Å². The fraction of sp³-hybridized carbons (Fsp3) is 0.444. The summed E-state index contributed by atoms with van der Waals surface area (Å²) in [5.74, 6) is -1.36. The Morgan fingerprint density at radius 2 is 1.73 bits per heavy atom. The summed E-state index contributed by atoms with van der Waals surface area (Å²) in [6, 6.07) is 4.22. The lowest BCUT2D eigenvalue weighted by atomic mass is 9.96. The highest BCUT2D eigenvalue weighted by molar-refractivity contribution is 6.34. The molecule has 0 atom stereocenters. The topological polar surface area (TPSA) is 117 Å². The normalized spacial score (nSPS) is 16.5. The Morgan fingerprint density at radius 1 is 1.07 bits per heavy atom. The fourth-order valence-electron chi connectivity index (χ4n) is 5.34. The first kappa shape index (κ1) is 31.4. The zero-order valence-corrected chi connectivity index (χ0v) is 24.1. The van der Waals surface area contributed by atoms with Gasteiger partial charge in [0, 0.05) is 51.0 Å². The van der Waals surface area contributed by atoms with Gasteiger partial charge < -0.3 is 25.0 Å². The van der Waals surface area contributed by atoms with E-state index in [0.29, 0.717) is 32.4 Å². The molecule has 0 saturated carbocycles. The molecular weight excluding hydrogens is 615 g/mol. The number of hydrogen-bond donors (Lipinski definition) is 2. The SMILES string of the molecule is Cn1c(-c2cn(C(F)F)nc2C(F)(F)F)cnc1C(=O)Nc1ccc(C(=O)N2CCN(C(=O)C3CCNCC3)CC2)c(Cl)c1. The quantitative estimate of drug-likeness (QED) is 0.394. The summed E-state index contributed by atoms with van der Waals surface area (Å²) >= 11 is 6.39. The smallest absolute Gasteiger partial charge is 0.339 e. The number of imidazole rings is 1. The second kappa shape index (κ2) is 12.5. The van der Waals surface area contributed by atoms with Crippen LogP contribution in [-0.2, 0) is 18.0 Å². The highest BCUT2D eigenvalue weighted by atomic mass is 35.5. The number of halogens is 6. The molecule has 11 nitrogen and oxygen atoms in total. The molecule has 2 saturated heterocycles. The second-order valence-corrected chi connectivity index (χ2v) is 10.9.